The Hall–Kier alpha value is -0.660. The summed E-state index contributed by atoms with van der Waals surface area (Å²) in [6.45, 7) is 1.81. The van der Waals surface area contributed by atoms with E-state index in [1.165, 1.54) is 7.05 Å². The summed E-state index contributed by atoms with van der Waals surface area (Å²) in [4.78, 5) is 10.9. The molecular weight excluding hydrogens is 194 g/mol. The third-order valence-electron chi connectivity index (χ3n) is 1.48. The molecule has 0 aliphatic heterocycles. The number of hydrogen-bond donors (Lipinski definition) is 3. The monoisotopic (exact) mass is 209 g/mol. The predicted molar refractivity (Wildman–Crippen MR) is 49.5 cm³/mol. The van der Waals surface area contributed by atoms with E-state index in [4.69, 9.17) is 5.14 Å². The van der Waals surface area contributed by atoms with Crippen molar-refractivity contribution >= 4 is 15.9 Å². The minimum Gasteiger partial charge on any atom is -0.358 e. The lowest BCUT2D eigenvalue weighted by atomic mass is 10.3. The highest BCUT2D eigenvalue weighted by Gasteiger charge is 2.10. The summed E-state index contributed by atoms with van der Waals surface area (Å²) < 4.78 is 21.0. The number of carbonyl (C=O) groups excluding carboxylic acids is 1. The number of hydrogen-bond acceptors (Lipinski definition) is 4. The van der Waals surface area contributed by atoms with Crippen molar-refractivity contribution in [3.05, 3.63) is 0 Å². The lowest BCUT2D eigenvalue weighted by Gasteiger charge is -2.10. The van der Waals surface area contributed by atoms with Crippen LogP contribution in [0.3, 0.4) is 0 Å². The van der Waals surface area contributed by atoms with Crippen molar-refractivity contribution < 1.29 is 13.2 Å². The molecule has 0 fully saturated rings. The molecule has 1 unspecified atom stereocenters. The average Bonchev–Trinajstić information content (AvgIpc) is 2.00. The Morgan fingerprint density at radius 1 is 1.54 bits per heavy atom. The van der Waals surface area contributed by atoms with Crippen molar-refractivity contribution in [2.45, 2.75) is 13.0 Å². The first-order valence-corrected chi connectivity index (χ1v) is 5.54. The predicted octanol–water partition coefficient (Wildman–Crippen LogP) is -2.00. The van der Waals surface area contributed by atoms with Crippen LogP contribution in [0.2, 0.25) is 0 Å². The van der Waals surface area contributed by atoms with Gasteiger partial charge >= 0.3 is 0 Å². The van der Waals surface area contributed by atoms with Gasteiger partial charge in [0.2, 0.25) is 15.9 Å². The molecular formula is C6H15N3O3S. The Balaban J connectivity index is 3.72. The number of rotatable bonds is 5. The quantitative estimate of drug-likeness (QED) is 0.487. The molecule has 0 aromatic carbocycles. The first kappa shape index (κ1) is 12.3. The van der Waals surface area contributed by atoms with E-state index < -0.39 is 16.1 Å². The summed E-state index contributed by atoms with van der Waals surface area (Å²) in [7, 11) is -1.93. The molecule has 6 nitrogen and oxygen atoms in total. The summed E-state index contributed by atoms with van der Waals surface area (Å²) in [5.41, 5.74) is 0. The van der Waals surface area contributed by atoms with Crippen LogP contribution in [0.5, 0.6) is 0 Å². The maximum atomic E-state index is 10.9. The smallest absolute Gasteiger partial charge is 0.236 e. The van der Waals surface area contributed by atoms with Crippen molar-refractivity contribution in [2.24, 2.45) is 5.14 Å². The van der Waals surface area contributed by atoms with Crippen LogP contribution < -0.4 is 15.8 Å². The van der Waals surface area contributed by atoms with E-state index in [0.717, 1.165) is 0 Å². The topological polar surface area (TPSA) is 101 Å². The number of primary sulfonamides is 1. The molecule has 1 atom stereocenters. The minimum atomic E-state index is -3.45. The SMILES string of the molecule is CNC(=O)C(C)NCCS(N)(=O)=O. The van der Waals surface area contributed by atoms with E-state index in [1.54, 1.807) is 6.92 Å². The minimum absolute atomic E-state index is 0.172. The van der Waals surface area contributed by atoms with Gasteiger partial charge in [0, 0.05) is 13.6 Å². The second-order valence-corrected chi connectivity index (χ2v) is 4.39. The van der Waals surface area contributed by atoms with Gasteiger partial charge in [0.15, 0.2) is 0 Å². The Morgan fingerprint density at radius 3 is 2.46 bits per heavy atom. The molecule has 0 bridgehead atoms. The van der Waals surface area contributed by atoms with Crippen LogP contribution in [0.25, 0.3) is 0 Å². The average molecular weight is 209 g/mol. The summed E-state index contributed by atoms with van der Waals surface area (Å²) in [5.74, 6) is -0.358. The molecule has 0 aliphatic rings. The molecule has 4 N–H and O–H groups in total. The highest BCUT2D eigenvalue weighted by atomic mass is 32.2. The fourth-order valence-corrected chi connectivity index (χ4v) is 1.13. The molecule has 0 spiro atoms. The molecule has 0 aromatic rings. The molecule has 0 heterocycles. The van der Waals surface area contributed by atoms with Gasteiger partial charge in [-0.05, 0) is 6.92 Å². The normalized spacial score (nSPS) is 13.8. The van der Waals surface area contributed by atoms with E-state index in [2.05, 4.69) is 10.6 Å². The van der Waals surface area contributed by atoms with E-state index in [-0.39, 0.29) is 18.2 Å². The zero-order valence-electron chi connectivity index (χ0n) is 7.70. The molecule has 0 aromatic heterocycles. The fourth-order valence-electron chi connectivity index (χ4n) is 0.727. The highest BCUT2D eigenvalue weighted by Crippen LogP contribution is 1.81. The summed E-state index contributed by atoms with van der Waals surface area (Å²) in [6, 6.07) is -0.410. The Morgan fingerprint density at radius 2 is 2.08 bits per heavy atom. The van der Waals surface area contributed by atoms with Gasteiger partial charge in [-0.3, -0.25) is 4.79 Å². The van der Waals surface area contributed by atoms with E-state index in [1.807, 2.05) is 0 Å². The summed E-state index contributed by atoms with van der Waals surface area (Å²) >= 11 is 0. The third kappa shape index (κ3) is 6.50. The van der Waals surface area contributed by atoms with Crippen LogP contribution in [0.4, 0.5) is 0 Å². The number of nitrogens with one attached hydrogen (secondary N) is 2. The maximum absolute atomic E-state index is 10.9. The lowest BCUT2D eigenvalue weighted by molar-refractivity contribution is -0.122. The zero-order valence-corrected chi connectivity index (χ0v) is 8.52. The van der Waals surface area contributed by atoms with Gasteiger partial charge in [-0.25, -0.2) is 13.6 Å². The molecule has 0 radical (unpaired) electrons. The standard InChI is InChI=1S/C6H15N3O3S/c1-5(6(10)8-2)9-3-4-13(7,11)12/h5,9H,3-4H2,1-2H3,(H,8,10)(H2,7,11,12). The molecule has 78 valence electrons. The summed E-state index contributed by atoms with van der Waals surface area (Å²) in [5, 5.41) is 9.91. The molecule has 0 aliphatic carbocycles. The first-order valence-electron chi connectivity index (χ1n) is 3.82. The van der Waals surface area contributed by atoms with Gasteiger partial charge in [0.25, 0.3) is 0 Å². The van der Waals surface area contributed by atoms with Gasteiger partial charge in [0.1, 0.15) is 0 Å². The summed E-state index contributed by atoms with van der Waals surface area (Å²) in [6.07, 6.45) is 0. The molecule has 7 heteroatoms. The molecule has 1 amide bonds. The molecule has 0 saturated heterocycles. The van der Waals surface area contributed by atoms with E-state index in [9.17, 15) is 13.2 Å². The van der Waals surface area contributed by atoms with Gasteiger partial charge < -0.3 is 10.6 Å². The van der Waals surface area contributed by atoms with Crippen molar-refractivity contribution in [1.82, 2.24) is 10.6 Å². The van der Waals surface area contributed by atoms with Crippen LogP contribution in [-0.4, -0.2) is 39.7 Å². The van der Waals surface area contributed by atoms with Crippen molar-refractivity contribution in [2.75, 3.05) is 19.3 Å². The second kappa shape index (κ2) is 5.15. The third-order valence-corrected chi connectivity index (χ3v) is 2.25. The van der Waals surface area contributed by atoms with Crippen molar-refractivity contribution in [3.8, 4) is 0 Å². The van der Waals surface area contributed by atoms with E-state index in [0.29, 0.717) is 0 Å². The Bertz CT molecular complexity index is 262. The van der Waals surface area contributed by atoms with Crippen LogP contribution in [0.1, 0.15) is 6.92 Å². The first-order chi connectivity index (χ1) is 5.87. The molecule has 0 rings (SSSR count). The van der Waals surface area contributed by atoms with Crippen LogP contribution in [0, 0.1) is 0 Å². The highest BCUT2D eigenvalue weighted by molar-refractivity contribution is 7.89. The number of carbonyl (C=O) groups is 1. The van der Waals surface area contributed by atoms with E-state index >= 15 is 0 Å². The van der Waals surface area contributed by atoms with Gasteiger partial charge in [-0.1, -0.05) is 0 Å². The number of nitrogens with two attached hydrogens (primary N) is 1. The van der Waals surface area contributed by atoms with Gasteiger partial charge in [0.05, 0.1) is 11.8 Å². The molecule has 13 heavy (non-hydrogen) atoms. The Labute approximate surface area is 77.9 Å². The zero-order chi connectivity index (χ0) is 10.5. The lowest BCUT2D eigenvalue weighted by Crippen LogP contribution is -2.42. The molecule has 0 saturated carbocycles. The largest absolute Gasteiger partial charge is 0.358 e. The Kier molecular flexibility index (Phi) is 4.89. The van der Waals surface area contributed by atoms with Crippen molar-refractivity contribution in [1.29, 1.82) is 0 Å². The van der Waals surface area contributed by atoms with Crippen LogP contribution >= 0.6 is 0 Å². The fraction of sp³-hybridized carbons (Fsp3) is 0.833. The van der Waals surface area contributed by atoms with Crippen molar-refractivity contribution in [3.63, 3.8) is 0 Å². The van der Waals surface area contributed by atoms with Crippen LogP contribution in [0.15, 0.2) is 0 Å². The number of amides is 1. The second-order valence-electron chi connectivity index (χ2n) is 2.66. The number of likely N-dealkylation sites (N-methyl/N-ethyl adjacent to an activating group) is 1. The maximum Gasteiger partial charge on any atom is 0.236 e. The number of sulfonamides is 1. The van der Waals surface area contributed by atoms with Crippen LogP contribution in [-0.2, 0) is 14.8 Å². The van der Waals surface area contributed by atoms with Gasteiger partial charge in [-0.15, -0.1) is 0 Å². The van der Waals surface area contributed by atoms with Gasteiger partial charge in [-0.2, -0.15) is 0 Å².